The van der Waals surface area contributed by atoms with Gasteiger partial charge in [0.25, 0.3) is 0 Å². The van der Waals surface area contributed by atoms with Crippen LogP contribution >= 0.6 is 11.8 Å². The van der Waals surface area contributed by atoms with Gasteiger partial charge in [-0.1, -0.05) is 33.1 Å². The summed E-state index contributed by atoms with van der Waals surface area (Å²) in [5.41, 5.74) is 0. The molecular weight excluding hydrogens is 202 g/mol. The smallest absolute Gasteiger partial charge is 0.00122 e. The van der Waals surface area contributed by atoms with Gasteiger partial charge in [0.15, 0.2) is 0 Å². The van der Waals surface area contributed by atoms with Crippen LogP contribution < -0.4 is 5.32 Å². The first-order valence-electron chi connectivity index (χ1n) is 6.65. The van der Waals surface area contributed by atoms with Crippen LogP contribution in [0.1, 0.15) is 46.0 Å². The van der Waals surface area contributed by atoms with Gasteiger partial charge in [-0.25, -0.2) is 0 Å². The summed E-state index contributed by atoms with van der Waals surface area (Å²) < 4.78 is 0. The summed E-state index contributed by atoms with van der Waals surface area (Å²) in [6.07, 6.45) is 6.94. The zero-order valence-corrected chi connectivity index (χ0v) is 11.2. The molecule has 1 N–H and O–H groups in total. The highest BCUT2D eigenvalue weighted by molar-refractivity contribution is 7.99. The second-order valence-electron chi connectivity index (χ2n) is 4.80. The van der Waals surface area contributed by atoms with Crippen LogP contribution in [-0.4, -0.2) is 24.6 Å². The van der Waals surface area contributed by atoms with E-state index in [1.54, 1.807) is 0 Å². The van der Waals surface area contributed by atoms with Crippen LogP contribution in [0.3, 0.4) is 0 Å². The van der Waals surface area contributed by atoms with Crippen LogP contribution in [0.2, 0.25) is 0 Å². The van der Waals surface area contributed by atoms with Crippen molar-refractivity contribution in [2.75, 3.05) is 24.6 Å². The Bertz CT molecular complexity index is 143. The van der Waals surface area contributed by atoms with Gasteiger partial charge >= 0.3 is 0 Å². The molecule has 1 nitrogen and oxygen atoms in total. The topological polar surface area (TPSA) is 12.0 Å². The molecule has 0 aliphatic carbocycles. The minimum atomic E-state index is 0.916. The normalized spacial score (nSPS) is 23.2. The lowest BCUT2D eigenvalue weighted by atomic mass is 9.99. The Balaban J connectivity index is 2.00. The van der Waals surface area contributed by atoms with Crippen molar-refractivity contribution in [2.45, 2.75) is 46.0 Å². The number of nitrogens with one attached hydrogen (secondary N) is 1. The third kappa shape index (κ3) is 5.82. The Kier molecular flexibility index (Phi) is 7.54. The van der Waals surface area contributed by atoms with Gasteiger partial charge in [0.2, 0.25) is 0 Å². The molecule has 2 heteroatoms. The quantitative estimate of drug-likeness (QED) is 0.683. The van der Waals surface area contributed by atoms with Gasteiger partial charge in [0, 0.05) is 0 Å². The Morgan fingerprint density at radius 3 is 2.87 bits per heavy atom. The molecule has 90 valence electrons. The predicted molar refractivity (Wildman–Crippen MR) is 71.6 cm³/mol. The number of unbranched alkanes of at least 4 members (excludes halogenated alkanes) is 1. The molecule has 0 aromatic heterocycles. The van der Waals surface area contributed by atoms with E-state index in [1.807, 2.05) is 0 Å². The first-order valence-corrected chi connectivity index (χ1v) is 7.80. The Labute approximate surface area is 99.8 Å². The lowest BCUT2D eigenvalue weighted by Gasteiger charge is -2.17. The van der Waals surface area contributed by atoms with Crippen molar-refractivity contribution in [3.63, 3.8) is 0 Å². The van der Waals surface area contributed by atoms with Gasteiger partial charge in [-0.2, -0.15) is 11.8 Å². The van der Waals surface area contributed by atoms with Crippen LogP contribution in [0.4, 0.5) is 0 Å². The van der Waals surface area contributed by atoms with Crippen LogP contribution in [0.5, 0.6) is 0 Å². The summed E-state index contributed by atoms with van der Waals surface area (Å²) in [7, 11) is 0. The molecular formula is C13H27NS. The first kappa shape index (κ1) is 13.4. The molecule has 0 bridgehead atoms. The summed E-state index contributed by atoms with van der Waals surface area (Å²) in [6, 6.07) is 0. The molecule has 0 aromatic rings. The van der Waals surface area contributed by atoms with E-state index in [-0.39, 0.29) is 0 Å². The van der Waals surface area contributed by atoms with E-state index in [1.165, 1.54) is 56.7 Å². The third-order valence-electron chi connectivity index (χ3n) is 3.43. The van der Waals surface area contributed by atoms with E-state index in [9.17, 15) is 0 Å². The van der Waals surface area contributed by atoms with E-state index in [4.69, 9.17) is 0 Å². The fourth-order valence-corrected chi connectivity index (χ4v) is 3.46. The molecule has 1 fully saturated rings. The Morgan fingerprint density at radius 1 is 1.40 bits per heavy atom. The van der Waals surface area contributed by atoms with Crippen molar-refractivity contribution in [3.8, 4) is 0 Å². The van der Waals surface area contributed by atoms with Crippen LogP contribution in [-0.2, 0) is 0 Å². The summed E-state index contributed by atoms with van der Waals surface area (Å²) in [6.45, 7) is 7.12. The summed E-state index contributed by atoms with van der Waals surface area (Å²) in [5, 5.41) is 3.67. The molecule has 0 aromatic carbocycles. The van der Waals surface area contributed by atoms with Gasteiger partial charge < -0.3 is 5.32 Å². The van der Waals surface area contributed by atoms with E-state index in [0.29, 0.717) is 0 Å². The molecule has 1 rings (SSSR count). The maximum atomic E-state index is 3.67. The monoisotopic (exact) mass is 229 g/mol. The number of rotatable bonds is 8. The molecule has 0 saturated carbocycles. The molecule has 2 unspecified atom stereocenters. The molecule has 1 saturated heterocycles. The first-order chi connectivity index (χ1) is 7.36. The van der Waals surface area contributed by atoms with Crippen molar-refractivity contribution in [2.24, 2.45) is 11.8 Å². The fraction of sp³-hybridized carbons (Fsp3) is 1.00. The number of hydrogen-bond acceptors (Lipinski definition) is 2. The Hall–Kier alpha value is 0.310. The van der Waals surface area contributed by atoms with Crippen molar-refractivity contribution in [3.05, 3.63) is 0 Å². The average Bonchev–Trinajstić information content (AvgIpc) is 2.76. The highest BCUT2D eigenvalue weighted by Gasteiger charge is 2.15. The average molecular weight is 229 g/mol. The predicted octanol–water partition coefficient (Wildman–Crippen LogP) is 3.55. The molecule has 2 atom stereocenters. The largest absolute Gasteiger partial charge is 0.316 e. The SMILES string of the molecule is CCCCC(CC)CNCC1CCSC1. The van der Waals surface area contributed by atoms with Gasteiger partial charge in [-0.15, -0.1) is 0 Å². The molecule has 1 aliphatic heterocycles. The van der Waals surface area contributed by atoms with Crippen molar-refractivity contribution >= 4 is 11.8 Å². The molecule has 1 aliphatic rings. The molecule has 1 heterocycles. The molecule has 0 radical (unpaired) electrons. The molecule has 0 spiro atoms. The van der Waals surface area contributed by atoms with Gasteiger partial charge in [0.1, 0.15) is 0 Å². The summed E-state index contributed by atoms with van der Waals surface area (Å²) in [5.74, 6) is 4.65. The highest BCUT2D eigenvalue weighted by Crippen LogP contribution is 2.22. The number of thioether (sulfide) groups is 1. The summed E-state index contributed by atoms with van der Waals surface area (Å²) in [4.78, 5) is 0. The van der Waals surface area contributed by atoms with E-state index in [2.05, 4.69) is 30.9 Å². The van der Waals surface area contributed by atoms with Crippen LogP contribution in [0, 0.1) is 11.8 Å². The van der Waals surface area contributed by atoms with Crippen molar-refractivity contribution in [1.82, 2.24) is 5.32 Å². The van der Waals surface area contributed by atoms with E-state index in [0.717, 1.165) is 11.8 Å². The van der Waals surface area contributed by atoms with Crippen molar-refractivity contribution in [1.29, 1.82) is 0 Å². The second-order valence-corrected chi connectivity index (χ2v) is 5.95. The minimum Gasteiger partial charge on any atom is -0.316 e. The Morgan fingerprint density at radius 2 is 2.27 bits per heavy atom. The second kappa shape index (κ2) is 8.46. The lowest BCUT2D eigenvalue weighted by molar-refractivity contribution is 0.401. The minimum absolute atomic E-state index is 0.916. The molecule has 0 amide bonds. The summed E-state index contributed by atoms with van der Waals surface area (Å²) >= 11 is 2.12. The van der Waals surface area contributed by atoms with E-state index >= 15 is 0 Å². The third-order valence-corrected chi connectivity index (χ3v) is 4.66. The lowest BCUT2D eigenvalue weighted by Crippen LogP contribution is -2.28. The van der Waals surface area contributed by atoms with Gasteiger partial charge in [0.05, 0.1) is 0 Å². The zero-order chi connectivity index (χ0) is 10.9. The maximum Gasteiger partial charge on any atom is -0.00122 e. The van der Waals surface area contributed by atoms with Crippen LogP contribution in [0.15, 0.2) is 0 Å². The van der Waals surface area contributed by atoms with Gasteiger partial charge in [-0.05, 0) is 49.3 Å². The van der Waals surface area contributed by atoms with Crippen LogP contribution in [0.25, 0.3) is 0 Å². The maximum absolute atomic E-state index is 3.67. The fourth-order valence-electron chi connectivity index (χ4n) is 2.18. The molecule has 15 heavy (non-hydrogen) atoms. The van der Waals surface area contributed by atoms with Gasteiger partial charge in [-0.3, -0.25) is 0 Å². The van der Waals surface area contributed by atoms with E-state index < -0.39 is 0 Å². The number of hydrogen-bond donors (Lipinski definition) is 1. The van der Waals surface area contributed by atoms with Crippen molar-refractivity contribution < 1.29 is 0 Å². The zero-order valence-electron chi connectivity index (χ0n) is 10.4. The highest BCUT2D eigenvalue weighted by atomic mass is 32.2. The standard InChI is InChI=1S/C13H27NS/c1-3-5-6-12(4-2)9-14-10-13-7-8-15-11-13/h12-14H,3-11H2,1-2H3.